The Morgan fingerprint density at radius 1 is 1.38 bits per heavy atom. The zero-order valence-corrected chi connectivity index (χ0v) is 10.5. The van der Waals surface area contributed by atoms with Gasteiger partial charge in [-0.05, 0) is 25.1 Å². The third-order valence-corrected chi connectivity index (χ3v) is 2.60. The van der Waals surface area contributed by atoms with Crippen LogP contribution in [0.25, 0.3) is 0 Å². The first-order valence-corrected chi connectivity index (χ1v) is 5.42. The quantitative estimate of drug-likeness (QED) is 0.855. The van der Waals surface area contributed by atoms with Gasteiger partial charge >= 0.3 is 6.03 Å². The van der Waals surface area contributed by atoms with E-state index in [1.54, 1.807) is 37.5 Å². The fourth-order valence-corrected chi connectivity index (χ4v) is 1.37. The molecule has 0 heterocycles. The van der Waals surface area contributed by atoms with Gasteiger partial charge in [0.1, 0.15) is 0 Å². The molecule has 1 aromatic carbocycles. The highest BCUT2D eigenvalue weighted by Crippen LogP contribution is 2.25. The van der Waals surface area contributed by atoms with Gasteiger partial charge in [0.05, 0.1) is 10.0 Å². The Morgan fingerprint density at radius 2 is 2.06 bits per heavy atom. The molecule has 0 bridgehead atoms. The summed E-state index contributed by atoms with van der Waals surface area (Å²) >= 11 is 11.6. The van der Waals surface area contributed by atoms with Crippen LogP contribution in [0.1, 0.15) is 6.92 Å². The number of amides is 2. The molecule has 0 aliphatic rings. The van der Waals surface area contributed by atoms with Crippen LogP contribution >= 0.6 is 23.2 Å². The zero-order valence-electron chi connectivity index (χ0n) is 9.00. The topological polar surface area (TPSA) is 32.3 Å². The van der Waals surface area contributed by atoms with E-state index in [0.717, 1.165) is 0 Å². The molecule has 3 nitrogen and oxygen atoms in total. The van der Waals surface area contributed by atoms with Gasteiger partial charge in [-0.1, -0.05) is 29.3 Å². The first-order chi connectivity index (χ1) is 7.54. The molecular weight excluding hydrogens is 247 g/mol. The van der Waals surface area contributed by atoms with E-state index in [-0.39, 0.29) is 6.03 Å². The average molecular weight is 259 g/mol. The summed E-state index contributed by atoms with van der Waals surface area (Å²) in [6.45, 7) is 1.84. The number of nitrogens with zero attached hydrogens (tertiary/aromatic N) is 1. The van der Waals surface area contributed by atoms with Crippen LogP contribution in [0.5, 0.6) is 0 Å². The maximum Gasteiger partial charge on any atom is 0.325 e. The van der Waals surface area contributed by atoms with Gasteiger partial charge in [-0.2, -0.15) is 0 Å². The smallest absolute Gasteiger partial charge is 0.308 e. The Labute approximate surface area is 105 Å². The van der Waals surface area contributed by atoms with E-state index in [4.69, 9.17) is 23.2 Å². The van der Waals surface area contributed by atoms with Crippen LogP contribution in [0.3, 0.4) is 0 Å². The van der Waals surface area contributed by atoms with Crippen molar-refractivity contribution in [3.63, 3.8) is 0 Å². The van der Waals surface area contributed by atoms with Crippen molar-refractivity contribution in [2.75, 3.05) is 12.4 Å². The van der Waals surface area contributed by atoms with Crippen molar-refractivity contribution >= 4 is 34.9 Å². The molecule has 0 spiro atoms. The summed E-state index contributed by atoms with van der Waals surface area (Å²) in [4.78, 5) is 13.0. The molecule has 1 N–H and O–H groups in total. The van der Waals surface area contributed by atoms with Crippen molar-refractivity contribution in [1.82, 2.24) is 4.90 Å². The lowest BCUT2D eigenvalue weighted by Gasteiger charge is -2.13. The summed E-state index contributed by atoms with van der Waals surface area (Å²) < 4.78 is 0. The molecule has 16 heavy (non-hydrogen) atoms. The second-order valence-corrected chi connectivity index (χ2v) is 3.97. The molecule has 2 amide bonds. The van der Waals surface area contributed by atoms with Crippen molar-refractivity contribution in [3.05, 3.63) is 40.5 Å². The van der Waals surface area contributed by atoms with Gasteiger partial charge in [0.15, 0.2) is 0 Å². The number of nitrogens with one attached hydrogen (secondary N) is 1. The van der Waals surface area contributed by atoms with Gasteiger partial charge in [0.25, 0.3) is 0 Å². The van der Waals surface area contributed by atoms with E-state index >= 15 is 0 Å². The number of allylic oxidation sites excluding steroid dienone is 1. The summed E-state index contributed by atoms with van der Waals surface area (Å²) in [6.07, 6.45) is 3.43. The number of halogens is 2. The highest BCUT2D eigenvalue weighted by atomic mass is 35.5. The van der Waals surface area contributed by atoms with Gasteiger partial charge in [-0.15, -0.1) is 0 Å². The van der Waals surface area contributed by atoms with E-state index in [1.165, 1.54) is 4.90 Å². The van der Waals surface area contributed by atoms with E-state index in [2.05, 4.69) is 5.32 Å². The van der Waals surface area contributed by atoms with Gasteiger partial charge in [0, 0.05) is 18.9 Å². The lowest BCUT2D eigenvalue weighted by molar-refractivity contribution is 0.235. The number of urea groups is 1. The molecule has 0 atom stereocenters. The molecule has 0 aliphatic carbocycles. The van der Waals surface area contributed by atoms with Crippen molar-refractivity contribution in [1.29, 1.82) is 0 Å². The molecule has 86 valence electrons. The van der Waals surface area contributed by atoms with Gasteiger partial charge in [-0.3, -0.25) is 0 Å². The summed E-state index contributed by atoms with van der Waals surface area (Å²) in [6, 6.07) is 4.69. The van der Waals surface area contributed by atoms with Gasteiger partial charge in [0.2, 0.25) is 0 Å². The van der Waals surface area contributed by atoms with Crippen molar-refractivity contribution in [3.8, 4) is 0 Å². The fraction of sp³-hybridized carbons (Fsp3) is 0.182. The van der Waals surface area contributed by atoms with E-state index < -0.39 is 0 Å². The van der Waals surface area contributed by atoms with Crippen LogP contribution in [0.4, 0.5) is 10.5 Å². The maximum atomic E-state index is 11.6. The summed E-state index contributed by atoms with van der Waals surface area (Å²) in [5.41, 5.74) is 0.607. The molecule has 1 rings (SSSR count). The van der Waals surface area contributed by atoms with Crippen LogP contribution in [0.15, 0.2) is 30.5 Å². The van der Waals surface area contributed by atoms with Crippen molar-refractivity contribution in [2.45, 2.75) is 6.92 Å². The van der Waals surface area contributed by atoms with Gasteiger partial charge in [-0.25, -0.2) is 4.79 Å². The monoisotopic (exact) mass is 258 g/mol. The second-order valence-electron chi connectivity index (χ2n) is 3.15. The number of anilines is 1. The van der Waals surface area contributed by atoms with E-state index in [0.29, 0.717) is 15.7 Å². The Morgan fingerprint density at radius 3 is 2.62 bits per heavy atom. The minimum Gasteiger partial charge on any atom is -0.308 e. The highest BCUT2D eigenvalue weighted by molar-refractivity contribution is 6.42. The Balaban J connectivity index is 2.73. The SMILES string of the molecule is CC=CN(C)C(=O)Nc1ccc(Cl)c(Cl)c1. The third-order valence-electron chi connectivity index (χ3n) is 1.86. The fourth-order valence-electron chi connectivity index (χ4n) is 1.08. The molecule has 0 radical (unpaired) electrons. The summed E-state index contributed by atoms with van der Waals surface area (Å²) in [5.74, 6) is 0. The standard InChI is InChI=1S/C11H12Cl2N2O/c1-3-6-15(2)11(16)14-8-4-5-9(12)10(13)7-8/h3-7H,1-2H3,(H,14,16). The van der Waals surface area contributed by atoms with E-state index in [9.17, 15) is 4.79 Å². The molecule has 0 aromatic heterocycles. The lowest BCUT2D eigenvalue weighted by atomic mass is 10.3. The molecule has 0 saturated heterocycles. The maximum absolute atomic E-state index is 11.6. The van der Waals surface area contributed by atoms with Crippen molar-refractivity contribution in [2.24, 2.45) is 0 Å². The number of hydrogen-bond donors (Lipinski definition) is 1. The highest BCUT2D eigenvalue weighted by Gasteiger charge is 2.06. The molecular formula is C11H12Cl2N2O. The van der Waals surface area contributed by atoms with Gasteiger partial charge < -0.3 is 10.2 Å². The summed E-state index contributed by atoms with van der Waals surface area (Å²) in [5, 5.41) is 3.56. The Kier molecular flexibility index (Phi) is 4.65. The lowest BCUT2D eigenvalue weighted by Crippen LogP contribution is -2.26. The summed E-state index contributed by atoms with van der Waals surface area (Å²) in [7, 11) is 1.66. The average Bonchev–Trinajstić information content (AvgIpc) is 2.24. The van der Waals surface area contributed by atoms with Crippen LogP contribution in [-0.2, 0) is 0 Å². The normalized spacial score (nSPS) is 10.5. The molecule has 0 unspecified atom stereocenters. The molecule has 5 heteroatoms. The molecule has 0 fully saturated rings. The molecule has 0 aliphatic heterocycles. The Bertz CT molecular complexity index is 418. The largest absolute Gasteiger partial charge is 0.325 e. The predicted molar refractivity (Wildman–Crippen MR) is 68.1 cm³/mol. The number of carbonyl (C=O) groups is 1. The number of carbonyl (C=O) groups excluding carboxylic acids is 1. The molecule has 0 saturated carbocycles. The van der Waals surface area contributed by atoms with Crippen LogP contribution in [-0.4, -0.2) is 18.0 Å². The first kappa shape index (κ1) is 12.9. The van der Waals surface area contributed by atoms with E-state index in [1.807, 2.05) is 6.92 Å². The number of hydrogen-bond acceptors (Lipinski definition) is 1. The van der Waals surface area contributed by atoms with Crippen LogP contribution in [0, 0.1) is 0 Å². The Hall–Kier alpha value is -1.19. The minimum atomic E-state index is -0.239. The molecule has 1 aromatic rings. The number of rotatable bonds is 2. The van der Waals surface area contributed by atoms with Crippen molar-refractivity contribution < 1.29 is 4.79 Å². The second kappa shape index (κ2) is 5.77. The number of benzene rings is 1. The third kappa shape index (κ3) is 3.43. The first-order valence-electron chi connectivity index (χ1n) is 4.66. The predicted octanol–water partition coefficient (Wildman–Crippen LogP) is 3.99. The van der Waals surface area contributed by atoms with Crippen LogP contribution in [0.2, 0.25) is 10.0 Å². The van der Waals surface area contributed by atoms with Crippen LogP contribution < -0.4 is 5.32 Å². The zero-order chi connectivity index (χ0) is 12.1. The minimum absolute atomic E-state index is 0.239.